The Labute approximate surface area is 135 Å². The molecule has 0 saturated carbocycles. The summed E-state index contributed by atoms with van der Waals surface area (Å²) >= 11 is 1.55. The molecule has 0 aliphatic heterocycles. The van der Waals surface area contributed by atoms with E-state index < -0.39 is 5.91 Å². The lowest BCUT2D eigenvalue weighted by Crippen LogP contribution is -2.24. The second-order valence-corrected chi connectivity index (χ2v) is 5.59. The molecule has 0 fully saturated rings. The summed E-state index contributed by atoms with van der Waals surface area (Å²) in [5, 5.41) is 7.84. The summed E-state index contributed by atoms with van der Waals surface area (Å²) < 4.78 is 5.26. The van der Waals surface area contributed by atoms with Crippen molar-refractivity contribution in [1.82, 2.24) is 10.1 Å². The van der Waals surface area contributed by atoms with E-state index in [1.165, 1.54) is 0 Å². The highest BCUT2D eigenvalue weighted by Crippen LogP contribution is 2.25. The summed E-state index contributed by atoms with van der Waals surface area (Å²) in [6.07, 6.45) is 0. The van der Waals surface area contributed by atoms with E-state index in [4.69, 9.17) is 16.0 Å². The van der Waals surface area contributed by atoms with Crippen LogP contribution in [0.15, 0.2) is 44.5 Å². The van der Waals surface area contributed by atoms with Crippen molar-refractivity contribution >= 4 is 23.2 Å². The number of nitrogens with two attached hydrogens (primary N) is 2. The molecule has 3 rings (SSSR count). The number of aryl methyl sites for hydroxylation is 1. The van der Waals surface area contributed by atoms with E-state index in [2.05, 4.69) is 15.1 Å². The summed E-state index contributed by atoms with van der Waals surface area (Å²) in [5.74, 6) is 0.160. The van der Waals surface area contributed by atoms with Crippen LogP contribution in [0.4, 0.5) is 0 Å². The van der Waals surface area contributed by atoms with Gasteiger partial charge in [0.25, 0.3) is 11.8 Å². The van der Waals surface area contributed by atoms with Crippen LogP contribution in [0.2, 0.25) is 0 Å². The summed E-state index contributed by atoms with van der Waals surface area (Å²) in [5.41, 5.74) is 13.2. The molecule has 2 aromatic heterocycles. The first-order chi connectivity index (χ1) is 11.0. The Morgan fingerprint density at radius 3 is 2.74 bits per heavy atom. The SMILES string of the molecule is Cc1cc(-c2noc(-c3ccsc3)n2)ccc1C(=O)N=C(N)N. The lowest BCUT2D eigenvalue weighted by molar-refractivity contribution is 0.100. The number of amides is 1. The number of carbonyl (C=O) groups excluding carboxylic acids is 1. The van der Waals surface area contributed by atoms with Gasteiger partial charge < -0.3 is 16.0 Å². The van der Waals surface area contributed by atoms with Crippen molar-refractivity contribution in [2.75, 3.05) is 0 Å². The van der Waals surface area contributed by atoms with Gasteiger partial charge in [-0.25, -0.2) is 0 Å². The number of guanidine groups is 1. The Kier molecular flexibility index (Phi) is 3.90. The van der Waals surface area contributed by atoms with Crippen LogP contribution in [0.3, 0.4) is 0 Å². The molecule has 0 unspecified atom stereocenters. The van der Waals surface area contributed by atoms with Crippen molar-refractivity contribution in [2.24, 2.45) is 16.5 Å². The number of nitrogens with zero attached hydrogens (tertiary/aromatic N) is 3. The molecular formula is C15H13N5O2S. The quantitative estimate of drug-likeness (QED) is 0.562. The van der Waals surface area contributed by atoms with E-state index in [1.807, 2.05) is 16.8 Å². The van der Waals surface area contributed by atoms with E-state index in [-0.39, 0.29) is 5.96 Å². The number of rotatable bonds is 3. The smallest absolute Gasteiger partial charge is 0.280 e. The lowest BCUT2D eigenvalue weighted by atomic mass is 10.0. The normalized spacial score (nSPS) is 10.5. The standard InChI is InChI=1S/C15H13N5O2S/c1-8-6-9(2-3-11(8)13(21)19-15(16)17)12-18-14(22-20-12)10-4-5-23-7-10/h2-7H,1H3,(H4,16,17,19,21). The van der Waals surface area contributed by atoms with E-state index in [0.717, 1.165) is 16.7 Å². The minimum absolute atomic E-state index is 0.267. The van der Waals surface area contributed by atoms with Crippen LogP contribution in [0.25, 0.3) is 22.8 Å². The number of benzene rings is 1. The predicted octanol–water partition coefficient (Wildman–Crippen LogP) is 2.19. The molecule has 2 heterocycles. The van der Waals surface area contributed by atoms with Gasteiger partial charge in [-0.2, -0.15) is 21.3 Å². The summed E-state index contributed by atoms with van der Waals surface area (Å²) in [4.78, 5) is 19.8. The van der Waals surface area contributed by atoms with Gasteiger partial charge in [-0.1, -0.05) is 11.2 Å². The minimum atomic E-state index is -0.485. The highest BCUT2D eigenvalue weighted by Gasteiger charge is 2.14. The fourth-order valence-corrected chi connectivity index (χ4v) is 2.69. The molecule has 0 aliphatic rings. The fraction of sp³-hybridized carbons (Fsp3) is 0.0667. The van der Waals surface area contributed by atoms with Crippen molar-refractivity contribution < 1.29 is 9.32 Å². The van der Waals surface area contributed by atoms with Crippen molar-refractivity contribution in [3.63, 3.8) is 0 Å². The Balaban J connectivity index is 1.92. The van der Waals surface area contributed by atoms with Crippen molar-refractivity contribution in [3.05, 3.63) is 46.2 Å². The zero-order chi connectivity index (χ0) is 16.4. The molecule has 23 heavy (non-hydrogen) atoms. The van der Waals surface area contributed by atoms with Gasteiger partial charge in [-0.3, -0.25) is 4.79 Å². The van der Waals surface area contributed by atoms with E-state index in [0.29, 0.717) is 17.3 Å². The van der Waals surface area contributed by atoms with E-state index in [9.17, 15) is 4.79 Å². The van der Waals surface area contributed by atoms with Gasteiger partial charge in [0.05, 0.1) is 5.56 Å². The van der Waals surface area contributed by atoms with Gasteiger partial charge in [0.2, 0.25) is 5.82 Å². The van der Waals surface area contributed by atoms with Gasteiger partial charge in [0, 0.05) is 16.5 Å². The fourth-order valence-electron chi connectivity index (χ4n) is 2.06. The van der Waals surface area contributed by atoms with Gasteiger partial charge in [-0.05, 0) is 36.1 Å². The number of hydrogen-bond acceptors (Lipinski definition) is 5. The second kappa shape index (κ2) is 6.01. The highest BCUT2D eigenvalue weighted by atomic mass is 32.1. The van der Waals surface area contributed by atoms with Gasteiger partial charge >= 0.3 is 0 Å². The molecule has 7 nitrogen and oxygen atoms in total. The highest BCUT2D eigenvalue weighted by molar-refractivity contribution is 7.08. The third-order valence-corrected chi connectivity index (χ3v) is 3.82. The molecule has 116 valence electrons. The molecule has 8 heteroatoms. The Morgan fingerprint density at radius 1 is 1.26 bits per heavy atom. The maximum absolute atomic E-state index is 11.9. The number of aromatic nitrogens is 2. The first-order valence-electron chi connectivity index (χ1n) is 6.66. The van der Waals surface area contributed by atoms with Gasteiger partial charge in [0.15, 0.2) is 5.96 Å². The molecule has 1 aromatic carbocycles. The zero-order valence-electron chi connectivity index (χ0n) is 12.2. The molecule has 0 bridgehead atoms. The molecule has 0 atom stereocenters. The van der Waals surface area contributed by atoms with Crippen LogP contribution in [-0.4, -0.2) is 22.0 Å². The summed E-state index contributed by atoms with van der Waals surface area (Å²) in [6, 6.07) is 7.06. The minimum Gasteiger partial charge on any atom is -0.370 e. The molecule has 3 aromatic rings. The van der Waals surface area contributed by atoms with Crippen molar-refractivity contribution in [3.8, 4) is 22.8 Å². The molecule has 1 amide bonds. The molecule has 0 spiro atoms. The molecule has 4 N–H and O–H groups in total. The second-order valence-electron chi connectivity index (χ2n) is 4.81. The van der Waals surface area contributed by atoms with E-state index >= 15 is 0 Å². The molecule has 0 aliphatic carbocycles. The topological polar surface area (TPSA) is 120 Å². The number of thiophene rings is 1. The van der Waals surface area contributed by atoms with Crippen LogP contribution >= 0.6 is 11.3 Å². The molecule has 0 radical (unpaired) electrons. The lowest BCUT2D eigenvalue weighted by Gasteiger charge is -2.03. The van der Waals surface area contributed by atoms with Crippen LogP contribution in [0.1, 0.15) is 15.9 Å². The largest absolute Gasteiger partial charge is 0.370 e. The predicted molar refractivity (Wildman–Crippen MR) is 87.9 cm³/mol. The monoisotopic (exact) mass is 327 g/mol. The van der Waals surface area contributed by atoms with Crippen molar-refractivity contribution in [2.45, 2.75) is 6.92 Å². The van der Waals surface area contributed by atoms with Gasteiger partial charge in [-0.15, -0.1) is 0 Å². The average molecular weight is 327 g/mol. The summed E-state index contributed by atoms with van der Waals surface area (Å²) in [6.45, 7) is 1.79. The van der Waals surface area contributed by atoms with Crippen LogP contribution < -0.4 is 11.5 Å². The average Bonchev–Trinajstić information content (AvgIpc) is 3.17. The summed E-state index contributed by atoms with van der Waals surface area (Å²) in [7, 11) is 0. The van der Waals surface area contributed by atoms with E-state index in [1.54, 1.807) is 36.5 Å². The number of hydrogen-bond donors (Lipinski definition) is 2. The van der Waals surface area contributed by atoms with Crippen LogP contribution in [0.5, 0.6) is 0 Å². The Morgan fingerprint density at radius 2 is 2.09 bits per heavy atom. The zero-order valence-corrected chi connectivity index (χ0v) is 13.0. The Bertz CT molecular complexity index is 879. The molecular weight excluding hydrogens is 314 g/mol. The Hall–Kier alpha value is -3.00. The maximum Gasteiger partial charge on any atom is 0.280 e. The third-order valence-electron chi connectivity index (χ3n) is 3.14. The van der Waals surface area contributed by atoms with Crippen LogP contribution in [-0.2, 0) is 0 Å². The maximum atomic E-state index is 11.9. The third kappa shape index (κ3) is 3.11. The number of carbonyl (C=O) groups is 1. The van der Waals surface area contributed by atoms with Crippen molar-refractivity contribution in [1.29, 1.82) is 0 Å². The number of aliphatic imine (C=N–C) groups is 1. The molecule has 0 saturated heterocycles. The first kappa shape index (κ1) is 14.9. The first-order valence-corrected chi connectivity index (χ1v) is 7.60. The van der Waals surface area contributed by atoms with Gasteiger partial charge in [0.1, 0.15) is 0 Å². The van der Waals surface area contributed by atoms with Crippen LogP contribution in [0, 0.1) is 6.92 Å².